The summed E-state index contributed by atoms with van der Waals surface area (Å²) in [5, 5.41) is 0. The van der Waals surface area contributed by atoms with Crippen LogP contribution >= 0.6 is 17.2 Å². The predicted molar refractivity (Wildman–Crippen MR) is 316 cm³/mol. The second-order valence-electron chi connectivity index (χ2n) is 22.8. The Morgan fingerprint density at radius 1 is 0.421 bits per heavy atom. The van der Waals surface area contributed by atoms with E-state index in [0.29, 0.717) is 0 Å². The Bertz CT molecular complexity index is 2850. The van der Waals surface area contributed by atoms with Gasteiger partial charge in [0.15, 0.2) is 22.7 Å². The molecule has 0 bridgehead atoms. The molecule has 7 aromatic rings. The van der Waals surface area contributed by atoms with Gasteiger partial charge in [0.25, 0.3) is 0 Å². The minimum Gasteiger partial charge on any atom is -0.426 e. The maximum Gasteiger partial charge on any atom is 0.530 e. The molecular formula is C68H80O6P2. The molecule has 0 aromatic heterocycles. The zero-order valence-electron chi connectivity index (χ0n) is 46.8. The standard InChI is InChI=1S/C68H80O6P2/c1-11-15-31-49-43-51(33-17-13-3)62(70-75-69-61-48-57(65(5,6)7)47-60(64(61)72-75)66(8,9)10)58(45-49)59-46-50(32-16-12-2)44-52(34-18-14-4)63(59)71-76-73-67(53-35-23-19-24-36-53,54-37-25-20-26-38-54)68(74-76,55-39-27-21-28-40-55)56-41-29-22-30-42-56/h19-30,35-48H,11-18,31-34H2,1-10H3. The largest absolute Gasteiger partial charge is 0.530 e. The van der Waals surface area contributed by atoms with Gasteiger partial charge in [0, 0.05) is 16.7 Å². The summed E-state index contributed by atoms with van der Waals surface area (Å²) in [6.07, 6.45) is 11.9. The Morgan fingerprint density at radius 3 is 1.17 bits per heavy atom. The van der Waals surface area contributed by atoms with Crippen LogP contribution in [0.2, 0.25) is 0 Å². The molecule has 0 spiro atoms. The van der Waals surface area contributed by atoms with Crippen molar-refractivity contribution in [1.29, 1.82) is 0 Å². The molecule has 1 fully saturated rings. The van der Waals surface area contributed by atoms with Crippen LogP contribution in [0.25, 0.3) is 11.1 Å². The summed E-state index contributed by atoms with van der Waals surface area (Å²) in [6.45, 7) is 22.5. The summed E-state index contributed by atoms with van der Waals surface area (Å²) in [6, 6.07) is 56.3. The summed E-state index contributed by atoms with van der Waals surface area (Å²) in [5.41, 5.74) is 10.3. The van der Waals surface area contributed by atoms with Crippen molar-refractivity contribution in [2.75, 3.05) is 0 Å². The van der Waals surface area contributed by atoms with Gasteiger partial charge in [-0.05, 0) is 130 Å². The third-order valence-electron chi connectivity index (χ3n) is 15.0. The molecule has 1 unspecified atom stereocenters. The lowest BCUT2D eigenvalue weighted by molar-refractivity contribution is 0.00370. The molecule has 8 heteroatoms. The van der Waals surface area contributed by atoms with E-state index in [1.807, 2.05) is 0 Å². The molecular weight excluding hydrogens is 975 g/mol. The van der Waals surface area contributed by atoms with Crippen LogP contribution in [0.4, 0.5) is 0 Å². The van der Waals surface area contributed by atoms with E-state index in [1.54, 1.807) is 0 Å². The summed E-state index contributed by atoms with van der Waals surface area (Å²) in [4.78, 5) is 0. The van der Waals surface area contributed by atoms with E-state index < -0.39 is 28.4 Å². The smallest absolute Gasteiger partial charge is 0.426 e. The minimum absolute atomic E-state index is 0.0912. The molecule has 1 atom stereocenters. The molecule has 0 N–H and O–H groups in total. The summed E-state index contributed by atoms with van der Waals surface area (Å²) in [7, 11) is -4.04. The van der Waals surface area contributed by atoms with Crippen molar-refractivity contribution in [3.05, 3.63) is 213 Å². The molecule has 6 nitrogen and oxygen atoms in total. The first kappa shape index (κ1) is 55.3. The number of unbranched alkanes of at least 4 members (excludes halogenated alkanes) is 4. The molecule has 2 aliphatic rings. The molecule has 9 rings (SSSR count). The van der Waals surface area contributed by atoms with Crippen molar-refractivity contribution < 1.29 is 27.1 Å². The zero-order valence-corrected chi connectivity index (χ0v) is 48.6. The van der Waals surface area contributed by atoms with E-state index >= 15 is 0 Å². The SMILES string of the molecule is CCCCc1cc(CCCC)c(OP2Oc3cc(C(C)(C)C)cc(C(C)(C)C)c3O2)c(-c2cc(CCCC)cc(CCCC)c2OP2OC(c3ccccc3)(c3ccccc3)C(c3ccccc3)(c3ccccc3)O2)c1. The van der Waals surface area contributed by atoms with E-state index in [2.05, 4.69) is 227 Å². The molecule has 2 aliphatic heterocycles. The number of aryl methyl sites for hydroxylation is 4. The highest BCUT2D eigenvalue weighted by molar-refractivity contribution is 7.43. The van der Waals surface area contributed by atoms with Crippen LogP contribution in [0, 0.1) is 0 Å². The first-order chi connectivity index (χ1) is 36.7. The highest BCUT2D eigenvalue weighted by atomic mass is 31.2. The third kappa shape index (κ3) is 11.4. The van der Waals surface area contributed by atoms with Crippen molar-refractivity contribution in [2.24, 2.45) is 0 Å². The molecule has 0 radical (unpaired) electrons. The Balaban J connectivity index is 1.28. The van der Waals surface area contributed by atoms with Gasteiger partial charge in [-0.15, -0.1) is 0 Å². The van der Waals surface area contributed by atoms with E-state index in [1.165, 1.54) is 16.7 Å². The van der Waals surface area contributed by atoms with Crippen molar-refractivity contribution >= 4 is 17.2 Å². The normalized spacial score (nSPS) is 16.0. The van der Waals surface area contributed by atoms with Gasteiger partial charge in [-0.3, -0.25) is 9.05 Å². The number of benzene rings is 7. The van der Waals surface area contributed by atoms with Gasteiger partial charge in [-0.25, -0.2) is 0 Å². The maximum atomic E-state index is 7.85. The van der Waals surface area contributed by atoms with Crippen molar-refractivity contribution in [2.45, 2.75) is 168 Å². The molecule has 7 aromatic carbocycles. The van der Waals surface area contributed by atoms with Gasteiger partial charge in [-0.1, -0.05) is 234 Å². The van der Waals surface area contributed by atoms with Gasteiger partial charge in [-0.2, -0.15) is 0 Å². The molecule has 0 saturated carbocycles. The van der Waals surface area contributed by atoms with Gasteiger partial charge in [0.2, 0.25) is 0 Å². The van der Waals surface area contributed by atoms with E-state index in [0.717, 1.165) is 150 Å². The van der Waals surface area contributed by atoms with Crippen LogP contribution in [0.3, 0.4) is 0 Å². The fourth-order valence-corrected chi connectivity index (χ4v) is 13.6. The average Bonchev–Trinajstić information content (AvgIpc) is 4.14. The Hall–Kier alpha value is -5.48. The van der Waals surface area contributed by atoms with Crippen molar-refractivity contribution in [3.8, 4) is 34.1 Å². The van der Waals surface area contributed by atoms with Crippen LogP contribution < -0.4 is 18.1 Å². The number of fused-ring (bicyclic) bond motifs is 1. The summed E-state index contributed by atoms with van der Waals surface area (Å²) < 4.78 is 44.7. The molecule has 76 heavy (non-hydrogen) atoms. The summed E-state index contributed by atoms with van der Waals surface area (Å²) >= 11 is 0. The third-order valence-corrected chi connectivity index (χ3v) is 17.2. The second kappa shape index (κ2) is 24.0. The molecule has 2 heterocycles. The lowest BCUT2D eigenvalue weighted by Crippen LogP contribution is -2.48. The van der Waals surface area contributed by atoms with Crippen LogP contribution in [0.15, 0.2) is 158 Å². The highest BCUT2D eigenvalue weighted by Gasteiger charge is 2.67. The van der Waals surface area contributed by atoms with Crippen molar-refractivity contribution in [1.82, 2.24) is 0 Å². The predicted octanol–water partition coefficient (Wildman–Crippen LogP) is 19.9. The fourth-order valence-electron chi connectivity index (χ4n) is 10.9. The van der Waals surface area contributed by atoms with Crippen LogP contribution in [-0.2, 0) is 56.8 Å². The van der Waals surface area contributed by atoms with Crippen LogP contribution in [0.1, 0.15) is 176 Å². The van der Waals surface area contributed by atoms with E-state index in [4.69, 9.17) is 27.1 Å². The highest BCUT2D eigenvalue weighted by Crippen LogP contribution is 2.71. The quantitative estimate of drug-likeness (QED) is 0.0669. The van der Waals surface area contributed by atoms with Gasteiger partial charge in [0.1, 0.15) is 11.5 Å². The lowest BCUT2D eigenvalue weighted by atomic mass is 9.66. The second-order valence-corrected chi connectivity index (χ2v) is 24.8. The molecule has 0 amide bonds. The van der Waals surface area contributed by atoms with Gasteiger partial charge >= 0.3 is 17.2 Å². The van der Waals surface area contributed by atoms with E-state index in [-0.39, 0.29) is 10.8 Å². The number of hydrogen-bond acceptors (Lipinski definition) is 6. The van der Waals surface area contributed by atoms with Gasteiger partial charge < -0.3 is 18.1 Å². The molecule has 398 valence electrons. The average molecular weight is 1060 g/mol. The number of hydrogen-bond donors (Lipinski definition) is 0. The topological polar surface area (TPSA) is 55.4 Å². The minimum atomic E-state index is -2.15. The Morgan fingerprint density at radius 2 is 0.803 bits per heavy atom. The Kier molecular flexibility index (Phi) is 17.5. The first-order valence-corrected chi connectivity index (χ1v) is 30.4. The zero-order chi connectivity index (χ0) is 53.5. The fraction of sp³-hybridized carbons (Fsp3) is 0.382. The number of rotatable bonds is 21. The Labute approximate surface area is 457 Å². The lowest BCUT2D eigenvalue weighted by Gasteiger charge is -2.43. The van der Waals surface area contributed by atoms with Crippen LogP contribution in [0.5, 0.6) is 23.0 Å². The van der Waals surface area contributed by atoms with E-state index in [9.17, 15) is 0 Å². The molecule has 1 saturated heterocycles. The summed E-state index contributed by atoms with van der Waals surface area (Å²) in [5.74, 6) is 3.06. The maximum absolute atomic E-state index is 7.85. The van der Waals surface area contributed by atoms with Gasteiger partial charge in [0.05, 0.1) is 0 Å². The monoisotopic (exact) mass is 1050 g/mol. The van der Waals surface area contributed by atoms with Crippen molar-refractivity contribution in [3.63, 3.8) is 0 Å². The molecule has 0 aliphatic carbocycles. The van der Waals surface area contributed by atoms with Crippen LogP contribution in [-0.4, -0.2) is 0 Å². The first-order valence-electron chi connectivity index (χ1n) is 28.2.